The SMILES string of the molecule is CCC(C(C)C)N1CCC(C(=O)O)(C(F)(F)F)C1. The molecule has 1 rings (SSSR count). The third kappa shape index (κ3) is 2.48. The van der Waals surface area contributed by atoms with Crippen molar-refractivity contribution >= 4 is 5.97 Å². The maximum Gasteiger partial charge on any atom is 0.406 e. The highest BCUT2D eigenvalue weighted by atomic mass is 19.4. The number of likely N-dealkylation sites (tertiary alicyclic amines) is 1. The molecular weight excluding hydrogens is 247 g/mol. The van der Waals surface area contributed by atoms with Crippen molar-refractivity contribution in [1.29, 1.82) is 0 Å². The Morgan fingerprint density at radius 3 is 2.28 bits per heavy atom. The molecule has 2 unspecified atom stereocenters. The van der Waals surface area contributed by atoms with Gasteiger partial charge in [0.05, 0.1) is 0 Å². The van der Waals surface area contributed by atoms with Crippen molar-refractivity contribution in [2.24, 2.45) is 11.3 Å². The van der Waals surface area contributed by atoms with Gasteiger partial charge in [-0.2, -0.15) is 13.2 Å². The highest BCUT2D eigenvalue weighted by molar-refractivity contribution is 5.76. The Hall–Kier alpha value is -0.780. The second-order valence-electron chi connectivity index (χ2n) is 5.33. The number of alkyl halides is 3. The van der Waals surface area contributed by atoms with Gasteiger partial charge in [0, 0.05) is 12.6 Å². The second kappa shape index (κ2) is 5.07. The minimum Gasteiger partial charge on any atom is -0.481 e. The molecule has 1 aliphatic rings. The first-order valence-electron chi connectivity index (χ1n) is 6.20. The van der Waals surface area contributed by atoms with Crippen molar-refractivity contribution in [2.75, 3.05) is 13.1 Å². The summed E-state index contributed by atoms with van der Waals surface area (Å²) in [5.74, 6) is -1.54. The van der Waals surface area contributed by atoms with Gasteiger partial charge in [-0.05, 0) is 25.3 Å². The summed E-state index contributed by atoms with van der Waals surface area (Å²) in [5, 5.41) is 8.96. The Bertz CT molecular complexity index is 317. The molecule has 1 heterocycles. The summed E-state index contributed by atoms with van der Waals surface area (Å²) in [6.45, 7) is 5.58. The lowest BCUT2D eigenvalue weighted by molar-refractivity contribution is -0.228. The molecule has 1 aliphatic heterocycles. The van der Waals surface area contributed by atoms with Crippen LogP contribution in [0.4, 0.5) is 13.2 Å². The molecule has 1 saturated heterocycles. The Labute approximate surface area is 105 Å². The van der Waals surface area contributed by atoms with E-state index in [1.807, 2.05) is 20.8 Å². The Kier molecular flexibility index (Phi) is 4.30. The van der Waals surface area contributed by atoms with E-state index in [1.165, 1.54) is 0 Å². The fourth-order valence-corrected chi connectivity index (χ4v) is 2.80. The van der Waals surface area contributed by atoms with Crippen LogP contribution < -0.4 is 0 Å². The molecule has 0 aromatic heterocycles. The zero-order valence-corrected chi connectivity index (χ0v) is 10.9. The normalized spacial score (nSPS) is 27.7. The van der Waals surface area contributed by atoms with Crippen molar-refractivity contribution in [3.05, 3.63) is 0 Å². The average Bonchev–Trinajstić information content (AvgIpc) is 2.63. The summed E-state index contributed by atoms with van der Waals surface area (Å²) in [6, 6.07) is 0.00794. The number of carboxylic acid groups (broad SMARTS) is 1. The maximum absolute atomic E-state index is 13.0. The van der Waals surface area contributed by atoms with Gasteiger partial charge in [-0.3, -0.25) is 9.69 Å². The largest absolute Gasteiger partial charge is 0.481 e. The lowest BCUT2D eigenvalue weighted by Crippen LogP contribution is -2.48. The summed E-state index contributed by atoms with van der Waals surface area (Å²) in [7, 11) is 0. The molecule has 0 saturated carbocycles. The van der Waals surface area contributed by atoms with Crippen molar-refractivity contribution in [2.45, 2.75) is 45.8 Å². The van der Waals surface area contributed by atoms with Crippen LogP contribution in [0, 0.1) is 11.3 Å². The summed E-state index contributed by atoms with van der Waals surface area (Å²) in [6.07, 6.45) is -4.32. The van der Waals surface area contributed by atoms with Crippen molar-refractivity contribution in [1.82, 2.24) is 4.90 Å². The van der Waals surface area contributed by atoms with Gasteiger partial charge in [0.15, 0.2) is 5.41 Å². The van der Waals surface area contributed by atoms with Crippen molar-refractivity contribution in [3.8, 4) is 0 Å². The van der Waals surface area contributed by atoms with Gasteiger partial charge >= 0.3 is 12.1 Å². The Morgan fingerprint density at radius 1 is 1.44 bits per heavy atom. The molecule has 0 aliphatic carbocycles. The summed E-state index contributed by atoms with van der Waals surface area (Å²) >= 11 is 0. The smallest absolute Gasteiger partial charge is 0.406 e. The number of aliphatic carboxylic acids is 1. The monoisotopic (exact) mass is 267 g/mol. The molecule has 0 amide bonds. The Morgan fingerprint density at radius 2 is 2.00 bits per heavy atom. The zero-order chi connectivity index (χ0) is 14.1. The highest BCUT2D eigenvalue weighted by Gasteiger charge is 2.64. The molecular formula is C12H20F3NO2. The molecule has 2 atom stereocenters. The van der Waals surface area contributed by atoms with E-state index in [0.29, 0.717) is 0 Å². The summed E-state index contributed by atoms with van der Waals surface area (Å²) < 4.78 is 39.0. The predicted molar refractivity (Wildman–Crippen MR) is 61.2 cm³/mol. The standard InChI is InChI=1S/C12H20F3NO2/c1-4-9(8(2)3)16-6-5-11(7-16,10(17)18)12(13,14)15/h8-9H,4-7H2,1-3H3,(H,17,18). The number of nitrogens with zero attached hydrogens (tertiary/aromatic N) is 1. The van der Waals surface area contributed by atoms with Crippen LogP contribution in [0.3, 0.4) is 0 Å². The van der Waals surface area contributed by atoms with Crippen LogP contribution in [-0.4, -0.2) is 41.3 Å². The zero-order valence-electron chi connectivity index (χ0n) is 10.9. The van der Waals surface area contributed by atoms with E-state index in [0.717, 1.165) is 6.42 Å². The molecule has 0 spiro atoms. The van der Waals surface area contributed by atoms with Gasteiger partial charge in [0.1, 0.15) is 0 Å². The summed E-state index contributed by atoms with van der Waals surface area (Å²) in [4.78, 5) is 12.7. The van der Waals surface area contributed by atoms with E-state index in [1.54, 1.807) is 4.90 Å². The molecule has 18 heavy (non-hydrogen) atoms. The number of hydrogen-bond acceptors (Lipinski definition) is 2. The van der Waals surface area contributed by atoms with Gasteiger partial charge in [-0.15, -0.1) is 0 Å². The van der Waals surface area contributed by atoms with E-state index in [4.69, 9.17) is 5.11 Å². The van der Waals surface area contributed by atoms with Gasteiger partial charge in [0.25, 0.3) is 0 Å². The number of halogens is 3. The van der Waals surface area contributed by atoms with E-state index < -0.39 is 24.1 Å². The van der Waals surface area contributed by atoms with E-state index >= 15 is 0 Å². The van der Waals surface area contributed by atoms with Crippen molar-refractivity contribution < 1.29 is 23.1 Å². The molecule has 0 bridgehead atoms. The highest BCUT2D eigenvalue weighted by Crippen LogP contribution is 2.46. The molecule has 3 nitrogen and oxygen atoms in total. The predicted octanol–water partition coefficient (Wildman–Crippen LogP) is 2.76. The van der Waals surface area contributed by atoms with Crippen LogP contribution in [-0.2, 0) is 4.79 Å². The van der Waals surface area contributed by atoms with Crippen molar-refractivity contribution in [3.63, 3.8) is 0 Å². The number of carboxylic acids is 1. The molecule has 0 aromatic carbocycles. The number of rotatable bonds is 4. The second-order valence-corrected chi connectivity index (χ2v) is 5.33. The third-order valence-electron chi connectivity index (χ3n) is 3.91. The maximum atomic E-state index is 13.0. The van der Waals surface area contributed by atoms with Gasteiger partial charge < -0.3 is 5.11 Å². The molecule has 1 N–H and O–H groups in total. The van der Waals surface area contributed by atoms with E-state index in [2.05, 4.69) is 0 Å². The third-order valence-corrected chi connectivity index (χ3v) is 3.91. The van der Waals surface area contributed by atoms with Crippen LogP contribution in [0.15, 0.2) is 0 Å². The van der Waals surface area contributed by atoms with Gasteiger partial charge in [0.2, 0.25) is 0 Å². The van der Waals surface area contributed by atoms with Crippen LogP contribution >= 0.6 is 0 Å². The number of hydrogen-bond donors (Lipinski definition) is 1. The first-order chi connectivity index (χ1) is 8.15. The first-order valence-corrected chi connectivity index (χ1v) is 6.20. The average molecular weight is 267 g/mol. The van der Waals surface area contributed by atoms with E-state index in [9.17, 15) is 18.0 Å². The van der Waals surface area contributed by atoms with Gasteiger partial charge in [-0.1, -0.05) is 20.8 Å². The van der Waals surface area contributed by atoms with Crippen LogP contribution in [0.2, 0.25) is 0 Å². The van der Waals surface area contributed by atoms with Gasteiger partial charge in [-0.25, -0.2) is 0 Å². The molecule has 0 radical (unpaired) electrons. The van der Waals surface area contributed by atoms with Crippen LogP contribution in [0.1, 0.15) is 33.6 Å². The lowest BCUT2D eigenvalue weighted by atomic mass is 9.86. The summed E-state index contributed by atoms with van der Waals surface area (Å²) in [5.41, 5.74) is -2.59. The van der Waals surface area contributed by atoms with E-state index in [-0.39, 0.29) is 24.9 Å². The minimum atomic E-state index is -4.69. The lowest BCUT2D eigenvalue weighted by Gasteiger charge is -2.32. The molecule has 6 heteroatoms. The first kappa shape index (κ1) is 15.3. The molecule has 1 fully saturated rings. The molecule has 106 valence electrons. The Balaban J connectivity index is 2.94. The van der Waals surface area contributed by atoms with Crippen LogP contribution in [0.5, 0.6) is 0 Å². The van der Waals surface area contributed by atoms with Crippen LogP contribution in [0.25, 0.3) is 0 Å². The fourth-order valence-electron chi connectivity index (χ4n) is 2.80. The minimum absolute atomic E-state index is 0.00794. The topological polar surface area (TPSA) is 40.5 Å². The quantitative estimate of drug-likeness (QED) is 0.851. The fraction of sp³-hybridized carbons (Fsp3) is 0.917. The number of carbonyl (C=O) groups is 1. The molecule has 0 aromatic rings.